The number of nitrogens with zero attached hydrogens (tertiary/aromatic N) is 1. The number of rotatable bonds is 10. The molecule has 2 aromatic rings. The summed E-state index contributed by atoms with van der Waals surface area (Å²) in [6.07, 6.45) is 2.33. The minimum Gasteiger partial charge on any atom is -0.490 e. The molecule has 1 aliphatic rings. The maximum absolute atomic E-state index is 14.4. The van der Waals surface area contributed by atoms with Crippen LogP contribution in [0.3, 0.4) is 0 Å². The molecule has 1 saturated carbocycles. The molecule has 9 heteroatoms. The fraction of sp³-hybridized carbons (Fsp3) is 0.391. The van der Waals surface area contributed by atoms with E-state index in [4.69, 9.17) is 15.2 Å². The number of carbonyl (C=O) groups is 1. The van der Waals surface area contributed by atoms with E-state index >= 15 is 0 Å². The number of nitrogens with two attached hydrogens (primary N) is 1. The van der Waals surface area contributed by atoms with Crippen LogP contribution in [0.15, 0.2) is 47.5 Å². The van der Waals surface area contributed by atoms with Gasteiger partial charge in [-0.2, -0.15) is 0 Å². The summed E-state index contributed by atoms with van der Waals surface area (Å²) < 4.78 is 25.3. The third kappa shape index (κ3) is 8.18. The number of amides is 1. The number of benzene rings is 2. The summed E-state index contributed by atoms with van der Waals surface area (Å²) in [5, 5.41) is 6.47. The number of primary amides is 1. The van der Waals surface area contributed by atoms with Crippen LogP contribution in [0.4, 0.5) is 4.39 Å². The van der Waals surface area contributed by atoms with E-state index < -0.39 is 5.91 Å². The Balaban J connectivity index is 0.00000363. The van der Waals surface area contributed by atoms with Gasteiger partial charge < -0.3 is 25.8 Å². The van der Waals surface area contributed by atoms with Crippen LogP contribution < -0.4 is 25.8 Å². The molecule has 2 aromatic carbocycles. The minimum absolute atomic E-state index is 0. The van der Waals surface area contributed by atoms with Gasteiger partial charge in [0.1, 0.15) is 5.75 Å². The highest BCUT2D eigenvalue weighted by Crippen LogP contribution is 2.30. The van der Waals surface area contributed by atoms with Crippen molar-refractivity contribution in [3.63, 3.8) is 0 Å². The van der Waals surface area contributed by atoms with Gasteiger partial charge in [-0.05, 0) is 61.1 Å². The van der Waals surface area contributed by atoms with E-state index in [1.165, 1.54) is 6.07 Å². The highest BCUT2D eigenvalue weighted by atomic mass is 127. The zero-order chi connectivity index (χ0) is 22.2. The summed E-state index contributed by atoms with van der Waals surface area (Å²) in [6, 6.07) is 12.2. The molecular weight excluding hydrogens is 526 g/mol. The molecule has 1 atom stereocenters. The number of ether oxygens (including phenoxy) is 2. The van der Waals surface area contributed by atoms with Gasteiger partial charge in [-0.15, -0.1) is 24.0 Å². The van der Waals surface area contributed by atoms with Gasteiger partial charge in [0.15, 0.2) is 24.1 Å². The molecule has 0 saturated heterocycles. The Labute approximate surface area is 205 Å². The van der Waals surface area contributed by atoms with Crippen LogP contribution in [-0.4, -0.2) is 32.1 Å². The first kappa shape index (κ1) is 25.7. The Bertz CT molecular complexity index is 937. The molecule has 4 N–H and O–H groups in total. The van der Waals surface area contributed by atoms with Gasteiger partial charge in [0.2, 0.25) is 0 Å². The molecule has 0 bridgehead atoms. The van der Waals surface area contributed by atoms with Crippen molar-refractivity contribution >= 4 is 35.8 Å². The van der Waals surface area contributed by atoms with E-state index in [0.717, 1.165) is 24.0 Å². The lowest BCUT2D eigenvalue weighted by molar-refractivity contribution is -0.119. The quantitative estimate of drug-likeness (QED) is 0.237. The predicted octanol–water partition coefficient (Wildman–Crippen LogP) is 3.52. The zero-order valence-electron chi connectivity index (χ0n) is 18.3. The number of nitrogens with one attached hydrogen (secondary N) is 2. The van der Waals surface area contributed by atoms with Crippen molar-refractivity contribution in [2.75, 3.05) is 20.3 Å². The van der Waals surface area contributed by atoms with E-state index in [9.17, 15) is 9.18 Å². The molecule has 0 spiro atoms. The first-order valence-corrected chi connectivity index (χ1v) is 10.3. The number of halogens is 2. The number of hydrogen-bond donors (Lipinski definition) is 3. The molecule has 1 unspecified atom stereocenters. The standard InChI is InChI=1S/C23H29FN4O3.HI/c1-15(18-8-9-21(20(24)11-18)31-13-16-6-7-16)28-23(26-2)27-12-17-4-3-5-19(10-17)30-14-22(25)29;/h3-5,8-11,15-16H,6-7,12-14H2,1-2H3,(H2,25,29)(H2,26,27,28);1H. The summed E-state index contributed by atoms with van der Waals surface area (Å²) in [4.78, 5) is 15.1. The van der Waals surface area contributed by atoms with Crippen molar-refractivity contribution < 1.29 is 18.7 Å². The Morgan fingerprint density at radius 3 is 2.69 bits per heavy atom. The number of carbonyl (C=O) groups excluding carboxylic acids is 1. The second kappa shape index (κ2) is 12.5. The zero-order valence-corrected chi connectivity index (χ0v) is 20.6. The monoisotopic (exact) mass is 556 g/mol. The SMILES string of the molecule is CN=C(NCc1cccc(OCC(N)=O)c1)NC(C)c1ccc(OCC2CC2)c(F)c1.I. The van der Waals surface area contributed by atoms with Crippen LogP contribution in [0.25, 0.3) is 0 Å². The average molecular weight is 556 g/mol. The van der Waals surface area contributed by atoms with Crippen LogP contribution in [0.1, 0.15) is 36.9 Å². The van der Waals surface area contributed by atoms with Gasteiger partial charge in [0.05, 0.1) is 12.6 Å². The van der Waals surface area contributed by atoms with E-state index in [1.807, 2.05) is 31.2 Å². The third-order valence-electron chi connectivity index (χ3n) is 4.94. The van der Waals surface area contributed by atoms with E-state index in [1.54, 1.807) is 19.2 Å². The fourth-order valence-corrected chi connectivity index (χ4v) is 2.96. The maximum atomic E-state index is 14.4. The number of aliphatic imine (C=N–C) groups is 1. The molecule has 1 aliphatic carbocycles. The Kier molecular flexibility index (Phi) is 10.0. The van der Waals surface area contributed by atoms with E-state index in [0.29, 0.717) is 36.5 Å². The molecule has 174 valence electrons. The van der Waals surface area contributed by atoms with Gasteiger partial charge >= 0.3 is 0 Å². The lowest BCUT2D eigenvalue weighted by Crippen LogP contribution is -2.38. The van der Waals surface area contributed by atoms with Crippen LogP contribution >= 0.6 is 24.0 Å². The number of guanidine groups is 1. The molecular formula is C23H30FIN4O3. The first-order valence-electron chi connectivity index (χ1n) is 10.3. The molecule has 0 aromatic heterocycles. The summed E-state index contributed by atoms with van der Waals surface area (Å²) in [7, 11) is 1.67. The van der Waals surface area contributed by atoms with Crippen LogP contribution in [-0.2, 0) is 11.3 Å². The largest absolute Gasteiger partial charge is 0.490 e. The molecule has 1 amide bonds. The van der Waals surface area contributed by atoms with Gasteiger partial charge in [-0.25, -0.2) is 4.39 Å². The molecule has 0 heterocycles. The maximum Gasteiger partial charge on any atom is 0.255 e. The van der Waals surface area contributed by atoms with Gasteiger partial charge in [-0.1, -0.05) is 18.2 Å². The average Bonchev–Trinajstić information content (AvgIpc) is 3.59. The topological polar surface area (TPSA) is 98.0 Å². The normalized spacial score (nSPS) is 14.2. The lowest BCUT2D eigenvalue weighted by atomic mass is 10.1. The number of hydrogen-bond acceptors (Lipinski definition) is 4. The smallest absolute Gasteiger partial charge is 0.255 e. The summed E-state index contributed by atoms with van der Waals surface area (Å²) in [5.41, 5.74) is 6.84. The highest BCUT2D eigenvalue weighted by molar-refractivity contribution is 14.0. The van der Waals surface area contributed by atoms with Crippen molar-refractivity contribution in [3.05, 3.63) is 59.4 Å². The molecule has 1 fully saturated rings. The van der Waals surface area contributed by atoms with Gasteiger partial charge in [0, 0.05) is 13.6 Å². The highest BCUT2D eigenvalue weighted by Gasteiger charge is 2.22. The van der Waals surface area contributed by atoms with E-state index in [2.05, 4.69) is 15.6 Å². The predicted molar refractivity (Wildman–Crippen MR) is 133 cm³/mol. The summed E-state index contributed by atoms with van der Waals surface area (Å²) in [5.74, 6) is 1.12. The summed E-state index contributed by atoms with van der Waals surface area (Å²) >= 11 is 0. The molecule has 32 heavy (non-hydrogen) atoms. The Morgan fingerprint density at radius 2 is 2.03 bits per heavy atom. The molecule has 7 nitrogen and oxygen atoms in total. The van der Waals surface area contributed by atoms with Crippen molar-refractivity contribution in [1.29, 1.82) is 0 Å². The third-order valence-corrected chi connectivity index (χ3v) is 4.94. The van der Waals surface area contributed by atoms with Crippen molar-refractivity contribution in [2.24, 2.45) is 16.6 Å². The van der Waals surface area contributed by atoms with Crippen molar-refractivity contribution in [1.82, 2.24) is 10.6 Å². The first-order chi connectivity index (χ1) is 14.9. The van der Waals surface area contributed by atoms with Crippen molar-refractivity contribution in [2.45, 2.75) is 32.4 Å². The lowest BCUT2D eigenvalue weighted by Gasteiger charge is -2.19. The van der Waals surface area contributed by atoms with Gasteiger partial charge in [-0.3, -0.25) is 9.79 Å². The van der Waals surface area contributed by atoms with Crippen LogP contribution in [0.5, 0.6) is 11.5 Å². The van der Waals surface area contributed by atoms with Crippen LogP contribution in [0.2, 0.25) is 0 Å². The fourth-order valence-electron chi connectivity index (χ4n) is 2.96. The second-order valence-corrected chi connectivity index (χ2v) is 7.64. The Hall–Kier alpha value is -2.56. The molecule has 3 rings (SSSR count). The second-order valence-electron chi connectivity index (χ2n) is 7.64. The van der Waals surface area contributed by atoms with Crippen molar-refractivity contribution in [3.8, 4) is 11.5 Å². The van der Waals surface area contributed by atoms with Gasteiger partial charge in [0.25, 0.3) is 5.91 Å². The van der Waals surface area contributed by atoms with E-state index in [-0.39, 0.29) is 42.4 Å². The molecule has 0 aliphatic heterocycles. The van der Waals surface area contributed by atoms with Crippen LogP contribution in [0, 0.1) is 11.7 Å². The Morgan fingerprint density at radius 1 is 1.25 bits per heavy atom. The minimum atomic E-state index is -0.527. The summed E-state index contributed by atoms with van der Waals surface area (Å²) in [6.45, 7) is 2.83. The molecule has 0 radical (unpaired) electrons.